The molecule has 1 aromatic heterocycles. The minimum atomic E-state index is 0.0335. The molecule has 0 bridgehead atoms. The molecule has 0 aliphatic carbocycles. The fourth-order valence-corrected chi connectivity index (χ4v) is 4.66. The first-order valence-corrected chi connectivity index (χ1v) is 12.5. The van der Waals surface area contributed by atoms with E-state index in [1.54, 1.807) is 11.8 Å². The van der Waals surface area contributed by atoms with Crippen molar-refractivity contribution in [2.75, 3.05) is 0 Å². The zero-order valence-corrected chi connectivity index (χ0v) is 20.5. The van der Waals surface area contributed by atoms with E-state index in [0.717, 1.165) is 47.8 Å². The Morgan fingerprint density at radius 1 is 1.16 bits per heavy atom. The molecule has 0 saturated carbocycles. The van der Waals surface area contributed by atoms with Crippen LogP contribution in [0.5, 0.6) is 0 Å². The molecule has 0 radical (unpaired) electrons. The minimum Gasteiger partial charge on any atom is -0.349 e. The maximum Gasteiger partial charge on any atom is 0.223 e. The van der Waals surface area contributed by atoms with Crippen molar-refractivity contribution in [3.8, 4) is 5.69 Å². The van der Waals surface area contributed by atoms with Crippen LogP contribution < -0.4 is 5.32 Å². The van der Waals surface area contributed by atoms with Crippen molar-refractivity contribution in [2.45, 2.75) is 63.9 Å². The minimum absolute atomic E-state index is 0.0335. The number of aromatic nitrogens is 3. The number of nitrogens with zero attached hydrogens (tertiary/aromatic N) is 3. The van der Waals surface area contributed by atoms with Gasteiger partial charge >= 0.3 is 0 Å². The number of halogens is 1. The fraction of sp³-hybridized carbons (Fsp3) is 0.400. The summed E-state index contributed by atoms with van der Waals surface area (Å²) in [7, 11) is 0. The Bertz CT molecular complexity index is 1020. The van der Waals surface area contributed by atoms with Crippen LogP contribution in [0.1, 0.15) is 56.5 Å². The van der Waals surface area contributed by atoms with Crippen molar-refractivity contribution >= 4 is 29.3 Å². The van der Waals surface area contributed by atoms with Crippen LogP contribution in [-0.4, -0.2) is 20.7 Å². The van der Waals surface area contributed by atoms with Crippen molar-refractivity contribution in [1.82, 2.24) is 20.1 Å². The summed E-state index contributed by atoms with van der Waals surface area (Å²) in [6.45, 7) is 6.58. The van der Waals surface area contributed by atoms with E-state index in [2.05, 4.69) is 41.5 Å². The maximum atomic E-state index is 12.7. The predicted molar refractivity (Wildman–Crippen MR) is 132 cm³/mol. The number of nitrogens with one attached hydrogen (secondary N) is 1. The van der Waals surface area contributed by atoms with Gasteiger partial charge < -0.3 is 5.32 Å². The Kier molecular flexibility index (Phi) is 9.18. The van der Waals surface area contributed by atoms with E-state index in [0.29, 0.717) is 17.4 Å². The molecule has 2 aromatic carbocycles. The Labute approximate surface area is 200 Å². The number of thioether (sulfide) groups is 1. The number of unbranched alkanes of at least 4 members (excludes halogenated alkanes) is 1. The summed E-state index contributed by atoms with van der Waals surface area (Å²) >= 11 is 7.94. The van der Waals surface area contributed by atoms with E-state index >= 15 is 0 Å². The number of carbonyl (C=O) groups excluding carboxylic acids is 1. The lowest BCUT2D eigenvalue weighted by Gasteiger charge is -2.16. The summed E-state index contributed by atoms with van der Waals surface area (Å²) in [6, 6.07) is 16.1. The van der Waals surface area contributed by atoms with Gasteiger partial charge in [-0.15, -0.1) is 10.2 Å². The normalized spacial score (nSPS) is 12.0. The van der Waals surface area contributed by atoms with Gasteiger partial charge in [-0.25, -0.2) is 0 Å². The van der Waals surface area contributed by atoms with Gasteiger partial charge in [0.05, 0.1) is 12.2 Å². The summed E-state index contributed by atoms with van der Waals surface area (Å²) in [6.07, 6.45) is 3.90. The average Bonchev–Trinajstić information content (AvgIpc) is 3.21. The first-order chi connectivity index (χ1) is 15.5. The largest absolute Gasteiger partial charge is 0.349 e. The molecule has 0 saturated heterocycles. The molecule has 1 unspecified atom stereocenters. The number of hydrogen-bond donors (Lipinski definition) is 1. The molecule has 7 heteroatoms. The van der Waals surface area contributed by atoms with Crippen molar-refractivity contribution in [3.05, 3.63) is 70.5 Å². The van der Waals surface area contributed by atoms with Gasteiger partial charge in [-0.2, -0.15) is 0 Å². The summed E-state index contributed by atoms with van der Waals surface area (Å²) < 4.78 is 2.02. The van der Waals surface area contributed by atoms with E-state index < -0.39 is 0 Å². The third-order valence-corrected chi connectivity index (χ3v) is 6.75. The molecule has 1 heterocycles. The summed E-state index contributed by atoms with van der Waals surface area (Å²) in [5.41, 5.74) is 3.21. The first-order valence-electron chi connectivity index (χ1n) is 11.2. The highest BCUT2D eigenvalue weighted by molar-refractivity contribution is 7.98. The molecule has 3 rings (SSSR count). The second kappa shape index (κ2) is 12.1. The monoisotopic (exact) mass is 470 g/mol. The van der Waals surface area contributed by atoms with Gasteiger partial charge in [-0.3, -0.25) is 9.36 Å². The number of hydrogen-bond acceptors (Lipinski definition) is 4. The molecular formula is C25H31ClN4OS. The lowest BCUT2D eigenvalue weighted by Crippen LogP contribution is -2.31. The number of rotatable bonds is 11. The highest BCUT2D eigenvalue weighted by atomic mass is 35.5. The van der Waals surface area contributed by atoms with Crippen LogP contribution in [0, 0.1) is 12.8 Å². The Morgan fingerprint density at radius 3 is 2.66 bits per heavy atom. The molecule has 32 heavy (non-hydrogen) atoms. The number of benzene rings is 2. The van der Waals surface area contributed by atoms with Crippen LogP contribution in [-0.2, 0) is 17.1 Å². The fourth-order valence-electron chi connectivity index (χ4n) is 3.58. The Balaban J connectivity index is 1.84. The number of carbonyl (C=O) groups is 1. The van der Waals surface area contributed by atoms with Crippen molar-refractivity contribution in [1.29, 1.82) is 0 Å². The third kappa shape index (κ3) is 6.36. The van der Waals surface area contributed by atoms with Gasteiger partial charge in [-0.1, -0.05) is 86.5 Å². The van der Waals surface area contributed by atoms with Gasteiger partial charge in [-0.05, 0) is 43.0 Å². The first kappa shape index (κ1) is 24.3. The molecule has 3 aromatic rings. The van der Waals surface area contributed by atoms with Crippen molar-refractivity contribution in [3.63, 3.8) is 0 Å². The summed E-state index contributed by atoms with van der Waals surface area (Å²) in [5, 5.41) is 13.4. The molecule has 0 spiro atoms. The molecule has 0 aliphatic heterocycles. The van der Waals surface area contributed by atoms with E-state index in [1.807, 2.05) is 47.9 Å². The molecule has 5 nitrogen and oxygen atoms in total. The van der Waals surface area contributed by atoms with Crippen LogP contribution in [0.4, 0.5) is 0 Å². The van der Waals surface area contributed by atoms with Crippen molar-refractivity contribution in [2.24, 2.45) is 5.92 Å². The van der Waals surface area contributed by atoms with E-state index in [4.69, 9.17) is 11.6 Å². The van der Waals surface area contributed by atoms with Crippen LogP contribution in [0.3, 0.4) is 0 Å². The average molecular weight is 471 g/mol. The maximum absolute atomic E-state index is 12.7. The third-order valence-electron chi connectivity index (χ3n) is 5.51. The van der Waals surface area contributed by atoms with E-state index in [1.165, 1.54) is 5.56 Å². The lowest BCUT2D eigenvalue weighted by molar-refractivity contribution is -0.125. The van der Waals surface area contributed by atoms with E-state index in [-0.39, 0.29) is 11.8 Å². The van der Waals surface area contributed by atoms with Crippen molar-refractivity contribution < 1.29 is 4.79 Å². The molecule has 1 amide bonds. The molecular weight excluding hydrogens is 440 g/mol. The smallest absolute Gasteiger partial charge is 0.223 e. The standard InChI is InChI=1S/C25H31ClN4OS/c1-4-6-12-20(5-2)24(31)27-16-23-28-29-25(32-17-19-10-8-7-9-11-19)30(23)22-15-21(26)14-13-18(22)3/h7-11,13-15,20H,4-6,12,16-17H2,1-3H3,(H,27,31). The molecule has 1 atom stereocenters. The Hall–Kier alpha value is -2.31. The zero-order chi connectivity index (χ0) is 22.9. The van der Waals surface area contributed by atoms with Gasteiger partial charge in [0.2, 0.25) is 5.91 Å². The second-order valence-electron chi connectivity index (χ2n) is 7.90. The van der Waals surface area contributed by atoms with Gasteiger partial charge in [0.15, 0.2) is 11.0 Å². The quantitative estimate of drug-likeness (QED) is 0.331. The van der Waals surface area contributed by atoms with Crippen LogP contribution in [0.15, 0.2) is 53.7 Å². The predicted octanol–water partition coefficient (Wildman–Crippen LogP) is 6.35. The topological polar surface area (TPSA) is 59.8 Å². The van der Waals surface area contributed by atoms with Gasteiger partial charge in [0.1, 0.15) is 0 Å². The molecule has 0 aliphatic rings. The SMILES string of the molecule is CCCCC(CC)C(=O)NCc1nnc(SCc2ccccc2)n1-c1cc(Cl)ccc1C. The van der Waals surface area contributed by atoms with Gasteiger partial charge in [0.25, 0.3) is 0 Å². The highest BCUT2D eigenvalue weighted by Crippen LogP contribution is 2.28. The molecule has 170 valence electrons. The molecule has 0 fully saturated rings. The molecule has 1 N–H and O–H groups in total. The number of aryl methyl sites for hydroxylation is 1. The lowest BCUT2D eigenvalue weighted by atomic mass is 9.98. The highest BCUT2D eigenvalue weighted by Gasteiger charge is 2.20. The van der Waals surface area contributed by atoms with E-state index in [9.17, 15) is 4.79 Å². The van der Waals surface area contributed by atoms with Crippen LogP contribution >= 0.6 is 23.4 Å². The number of amides is 1. The van der Waals surface area contributed by atoms with Gasteiger partial charge in [0, 0.05) is 16.7 Å². The summed E-state index contributed by atoms with van der Waals surface area (Å²) in [4.78, 5) is 12.7. The Morgan fingerprint density at radius 2 is 1.94 bits per heavy atom. The summed E-state index contributed by atoms with van der Waals surface area (Å²) in [5.74, 6) is 1.59. The zero-order valence-electron chi connectivity index (χ0n) is 19.0. The second-order valence-corrected chi connectivity index (χ2v) is 9.28. The van der Waals surface area contributed by atoms with Crippen LogP contribution in [0.25, 0.3) is 5.69 Å². The van der Waals surface area contributed by atoms with Crippen LogP contribution in [0.2, 0.25) is 5.02 Å².